The number of pyridine rings is 1. The summed E-state index contributed by atoms with van der Waals surface area (Å²) in [4.78, 5) is 11.3. The number of aromatic amines is 1. The Morgan fingerprint density at radius 1 is 1.36 bits per heavy atom. The van der Waals surface area contributed by atoms with E-state index in [1.807, 2.05) is 12.4 Å². The van der Waals surface area contributed by atoms with Crippen LogP contribution in [-0.2, 0) is 17.9 Å². The van der Waals surface area contributed by atoms with E-state index < -0.39 is 0 Å². The van der Waals surface area contributed by atoms with Crippen molar-refractivity contribution in [2.75, 3.05) is 13.7 Å². The Labute approximate surface area is 130 Å². The number of methoxy groups -OCH3 is 1. The van der Waals surface area contributed by atoms with E-state index in [2.05, 4.69) is 38.1 Å². The topological polar surface area (TPSA) is 66.9 Å². The standard InChI is InChI=1S/C16H23N5O/c1-12-7-13(9-17-8-12)10-21-6-4-3-5-14(21)16-18-15(11-22-2)19-20-16/h7-9,14H,3-6,10-11H2,1-2H3,(H,18,19,20). The van der Waals surface area contributed by atoms with E-state index in [1.54, 1.807) is 7.11 Å². The van der Waals surface area contributed by atoms with Crippen LogP contribution in [0.3, 0.4) is 0 Å². The summed E-state index contributed by atoms with van der Waals surface area (Å²) in [6.07, 6.45) is 7.40. The van der Waals surface area contributed by atoms with E-state index in [-0.39, 0.29) is 6.04 Å². The second-order valence-corrected chi connectivity index (χ2v) is 5.93. The minimum atomic E-state index is 0.274. The highest BCUT2D eigenvalue weighted by Gasteiger charge is 2.27. The van der Waals surface area contributed by atoms with Crippen molar-refractivity contribution in [1.82, 2.24) is 25.1 Å². The van der Waals surface area contributed by atoms with Crippen molar-refractivity contribution in [3.8, 4) is 0 Å². The van der Waals surface area contributed by atoms with Crippen LogP contribution in [-0.4, -0.2) is 38.7 Å². The molecule has 6 nitrogen and oxygen atoms in total. The third kappa shape index (κ3) is 3.51. The highest BCUT2D eigenvalue weighted by molar-refractivity contribution is 5.17. The molecule has 22 heavy (non-hydrogen) atoms. The average Bonchev–Trinajstić information content (AvgIpc) is 2.97. The van der Waals surface area contributed by atoms with E-state index in [0.29, 0.717) is 6.61 Å². The zero-order valence-corrected chi connectivity index (χ0v) is 13.2. The van der Waals surface area contributed by atoms with Crippen LogP contribution < -0.4 is 0 Å². The number of nitrogens with zero attached hydrogens (tertiary/aromatic N) is 4. The lowest BCUT2D eigenvalue weighted by Crippen LogP contribution is -2.33. The van der Waals surface area contributed by atoms with Gasteiger partial charge < -0.3 is 4.74 Å². The Hall–Kier alpha value is -1.79. The monoisotopic (exact) mass is 301 g/mol. The number of H-pyrrole nitrogens is 1. The SMILES string of the molecule is COCc1nc(C2CCCCN2Cc2cncc(C)c2)n[nH]1. The molecule has 1 unspecified atom stereocenters. The molecule has 118 valence electrons. The highest BCUT2D eigenvalue weighted by Crippen LogP contribution is 2.30. The van der Waals surface area contributed by atoms with E-state index in [1.165, 1.54) is 24.0 Å². The van der Waals surface area contributed by atoms with Gasteiger partial charge in [0.25, 0.3) is 0 Å². The largest absolute Gasteiger partial charge is 0.377 e. The van der Waals surface area contributed by atoms with Crippen molar-refractivity contribution in [1.29, 1.82) is 0 Å². The molecule has 6 heteroatoms. The van der Waals surface area contributed by atoms with Crippen LogP contribution in [0.15, 0.2) is 18.5 Å². The minimum absolute atomic E-state index is 0.274. The lowest BCUT2D eigenvalue weighted by Gasteiger charge is -2.33. The molecular weight excluding hydrogens is 278 g/mol. The van der Waals surface area contributed by atoms with E-state index in [0.717, 1.165) is 31.2 Å². The fraction of sp³-hybridized carbons (Fsp3) is 0.562. The third-order valence-electron chi connectivity index (χ3n) is 4.06. The fourth-order valence-corrected chi connectivity index (χ4v) is 3.07. The van der Waals surface area contributed by atoms with Crippen LogP contribution in [0.25, 0.3) is 0 Å². The molecule has 0 aromatic carbocycles. The third-order valence-corrected chi connectivity index (χ3v) is 4.06. The van der Waals surface area contributed by atoms with Crippen LogP contribution in [0.4, 0.5) is 0 Å². The minimum Gasteiger partial charge on any atom is -0.377 e. The summed E-state index contributed by atoms with van der Waals surface area (Å²) in [5, 5.41) is 7.37. The molecule has 0 aliphatic carbocycles. The van der Waals surface area contributed by atoms with Crippen LogP contribution in [0, 0.1) is 6.92 Å². The lowest BCUT2D eigenvalue weighted by atomic mass is 10.0. The number of hydrogen-bond donors (Lipinski definition) is 1. The van der Waals surface area contributed by atoms with Gasteiger partial charge >= 0.3 is 0 Å². The number of nitrogens with one attached hydrogen (secondary N) is 1. The fourth-order valence-electron chi connectivity index (χ4n) is 3.07. The van der Waals surface area contributed by atoms with Crippen LogP contribution in [0.5, 0.6) is 0 Å². The molecule has 1 N–H and O–H groups in total. The van der Waals surface area contributed by atoms with E-state index in [4.69, 9.17) is 4.74 Å². The van der Waals surface area contributed by atoms with Gasteiger partial charge in [-0.05, 0) is 37.4 Å². The zero-order chi connectivity index (χ0) is 15.4. The van der Waals surface area contributed by atoms with Crippen LogP contribution >= 0.6 is 0 Å². The van der Waals surface area contributed by atoms with E-state index >= 15 is 0 Å². The molecule has 0 bridgehead atoms. The van der Waals surface area contributed by atoms with Crippen LogP contribution in [0.1, 0.15) is 48.1 Å². The maximum atomic E-state index is 5.11. The van der Waals surface area contributed by atoms with Crippen molar-refractivity contribution in [2.45, 2.75) is 45.4 Å². The smallest absolute Gasteiger partial charge is 0.167 e. The number of aryl methyl sites for hydroxylation is 1. The van der Waals surface area contributed by atoms with Crippen molar-refractivity contribution in [3.63, 3.8) is 0 Å². The molecule has 2 aromatic rings. The van der Waals surface area contributed by atoms with Gasteiger partial charge in [0.15, 0.2) is 11.6 Å². The molecule has 3 rings (SSSR count). The van der Waals surface area contributed by atoms with Crippen molar-refractivity contribution >= 4 is 0 Å². The average molecular weight is 301 g/mol. The molecule has 0 amide bonds. The molecule has 0 radical (unpaired) electrons. The summed E-state index contributed by atoms with van der Waals surface area (Å²) >= 11 is 0. The predicted octanol–water partition coefficient (Wildman–Crippen LogP) is 2.38. The van der Waals surface area contributed by atoms with Gasteiger partial charge in [0, 0.05) is 26.0 Å². The number of piperidine rings is 1. The normalized spacial score (nSPS) is 19.5. The number of rotatable bonds is 5. The summed E-state index contributed by atoms with van der Waals surface area (Å²) in [6, 6.07) is 2.48. The van der Waals surface area contributed by atoms with Crippen molar-refractivity contribution in [3.05, 3.63) is 41.2 Å². The lowest BCUT2D eigenvalue weighted by molar-refractivity contribution is 0.133. The van der Waals surface area contributed by atoms with Gasteiger partial charge in [-0.3, -0.25) is 15.0 Å². The summed E-state index contributed by atoms with van der Waals surface area (Å²) in [6.45, 7) is 4.53. The molecule has 0 spiro atoms. The quantitative estimate of drug-likeness (QED) is 0.918. The van der Waals surface area contributed by atoms with Gasteiger partial charge in [-0.25, -0.2) is 4.98 Å². The number of hydrogen-bond acceptors (Lipinski definition) is 5. The first-order valence-corrected chi connectivity index (χ1v) is 7.81. The molecule has 1 aliphatic rings. The maximum absolute atomic E-state index is 5.11. The number of aromatic nitrogens is 4. The van der Waals surface area contributed by atoms with Crippen LogP contribution in [0.2, 0.25) is 0 Å². The summed E-state index contributed by atoms with van der Waals surface area (Å²) in [7, 11) is 1.67. The Kier molecular flexibility index (Phi) is 4.80. The Morgan fingerprint density at radius 3 is 3.09 bits per heavy atom. The molecule has 1 atom stereocenters. The molecule has 1 saturated heterocycles. The predicted molar refractivity (Wildman–Crippen MR) is 83.1 cm³/mol. The van der Waals surface area contributed by atoms with E-state index in [9.17, 15) is 0 Å². The maximum Gasteiger partial charge on any atom is 0.167 e. The first-order chi connectivity index (χ1) is 10.8. The summed E-state index contributed by atoms with van der Waals surface area (Å²) in [5.74, 6) is 1.67. The summed E-state index contributed by atoms with van der Waals surface area (Å²) < 4.78 is 5.11. The molecule has 0 saturated carbocycles. The molecular formula is C16H23N5O. The number of ether oxygens (including phenoxy) is 1. The molecule has 3 heterocycles. The van der Waals surface area contributed by atoms with Gasteiger partial charge in [-0.15, -0.1) is 0 Å². The molecule has 2 aromatic heterocycles. The highest BCUT2D eigenvalue weighted by atomic mass is 16.5. The molecule has 1 fully saturated rings. The van der Waals surface area contributed by atoms with Gasteiger partial charge in [-0.2, -0.15) is 5.10 Å². The van der Waals surface area contributed by atoms with Gasteiger partial charge in [0.05, 0.1) is 6.04 Å². The Bertz CT molecular complexity index is 612. The van der Waals surface area contributed by atoms with Gasteiger partial charge in [0.2, 0.25) is 0 Å². The first kappa shape index (κ1) is 15.1. The zero-order valence-electron chi connectivity index (χ0n) is 13.2. The Morgan fingerprint density at radius 2 is 2.27 bits per heavy atom. The van der Waals surface area contributed by atoms with Gasteiger partial charge in [0.1, 0.15) is 6.61 Å². The molecule has 1 aliphatic heterocycles. The van der Waals surface area contributed by atoms with Gasteiger partial charge in [-0.1, -0.05) is 12.5 Å². The summed E-state index contributed by atoms with van der Waals surface area (Å²) in [5.41, 5.74) is 2.45. The first-order valence-electron chi connectivity index (χ1n) is 7.81. The Balaban J connectivity index is 1.75. The van der Waals surface area contributed by atoms with Crippen molar-refractivity contribution < 1.29 is 4.74 Å². The number of likely N-dealkylation sites (tertiary alicyclic amines) is 1. The van der Waals surface area contributed by atoms with Crippen molar-refractivity contribution in [2.24, 2.45) is 0 Å². The second-order valence-electron chi connectivity index (χ2n) is 5.93. The second kappa shape index (κ2) is 6.98.